The van der Waals surface area contributed by atoms with Crippen LogP contribution in [0, 0.1) is 12.8 Å². The summed E-state index contributed by atoms with van der Waals surface area (Å²) in [6.45, 7) is 7.24. The summed E-state index contributed by atoms with van der Waals surface area (Å²) in [4.78, 5) is 11.1. The van der Waals surface area contributed by atoms with Crippen LogP contribution < -0.4 is 10.1 Å². The van der Waals surface area contributed by atoms with Crippen LogP contribution in [0.15, 0.2) is 6.07 Å². The largest absolute Gasteiger partial charge is 0.477 e. The van der Waals surface area contributed by atoms with Crippen molar-refractivity contribution in [2.24, 2.45) is 5.92 Å². The van der Waals surface area contributed by atoms with E-state index in [1.54, 1.807) is 11.3 Å². The summed E-state index contributed by atoms with van der Waals surface area (Å²) in [5, 5.41) is 4.00. The summed E-state index contributed by atoms with van der Waals surface area (Å²) in [6, 6.07) is 2.09. The second kappa shape index (κ2) is 6.19. The smallest absolute Gasteiger partial charge is 0.227 e. The lowest BCUT2D eigenvalue weighted by Gasteiger charge is -2.09. The van der Waals surface area contributed by atoms with Crippen molar-refractivity contribution in [2.45, 2.75) is 33.6 Å². The Morgan fingerprint density at radius 3 is 2.84 bits per heavy atom. The first-order valence-electron chi connectivity index (χ1n) is 6.69. The van der Waals surface area contributed by atoms with Gasteiger partial charge in [-0.2, -0.15) is 4.98 Å². The van der Waals surface area contributed by atoms with Crippen LogP contribution in [0.4, 0.5) is 5.95 Å². The Labute approximate surface area is 118 Å². The van der Waals surface area contributed by atoms with Crippen molar-refractivity contribution >= 4 is 27.5 Å². The minimum absolute atomic E-state index is 0.619. The van der Waals surface area contributed by atoms with Gasteiger partial charge in [-0.05, 0) is 31.7 Å². The van der Waals surface area contributed by atoms with Crippen LogP contribution in [0.2, 0.25) is 0 Å². The van der Waals surface area contributed by atoms with E-state index in [0.29, 0.717) is 24.4 Å². The molecule has 0 unspecified atom stereocenters. The molecule has 0 spiro atoms. The Bertz CT molecular complexity index is 551. The normalized spacial score (nSPS) is 11.2. The lowest BCUT2D eigenvalue weighted by molar-refractivity contribution is 0.291. The highest BCUT2D eigenvalue weighted by atomic mass is 32.1. The summed E-state index contributed by atoms with van der Waals surface area (Å²) in [6.07, 6.45) is 2.23. The lowest BCUT2D eigenvalue weighted by Crippen LogP contribution is -2.04. The number of aromatic nitrogens is 2. The topological polar surface area (TPSA) is 47.0 Å². The van der Waals surface area contributed by atoms with Gasteiger partial charge in [0.25, 0.3) is 0 Å². The highest BCUT2D eigenvalue weighted by Crippen LogP contribution is 2.31. The number of hydrogen-bond donors (Lipinski definition) is 1. The van der Waals surface area contributed by atoms with Gasteiger partial charge < -0.3 is 10.1 Å². The van der Waals surface area contributed by atoms with Gasteiger partial charge in [0.1, 0.15) is 4.83 Å². The Balaban J connectivity index is 2.15. The maximum absolute atomic E-state index is 5.84. The molecule has 0 aliphatic heterocycles. The zero-order valence-corrected chi connectivity index (χ0v) is 12.8. The van der Waals surface area contributed by atoms with Gasteiger partial charge in [0.2, 0.25) is 11.8 Å². The van der Waals surface area contributed by atoms with Gasteiger partial charge in [-0.3, -0.25) is 0 Å². The summed E-state index contributed by atoms with van der Waals surface area (Å²) in [5.74, 6) is 2.03. The molecule has 0 aromatic carbocycles. The van der Waals surface area contributed by atoms with Gasteiger partial charge in [-0.1, -0.05) is 13.8 Å². The lowest BCUT2D eigenvalue weighted by atomic mass is 10.1. The average Bonchev–Trinajstić information content (AvgIpc) is 2.74. The van der Waals surface area contributed by atoms with Crippen molar-refractivity contribution < 1.29 is 4.74 Å². The van der Waals surface area contributed by atoms with Crippen molar-refractivity contribution in [1.29, 1.82) is 0 Å². The van der Waals surface area contributed by atoms with Crippen LogP contribution in [-0.2, 0) is 0 Å². The van der Waals surface area contributed by atoms with E-state index in [0.717, 1.165) is 16.6 Å². The highest BCUT2D eigenvalue weighted by molar-refractivity contribution is 7.18. The molecule has 2 aromatic rings. The number of hydrogen-bond acceptors (Lipinski definition) is 5. The van der Waals surface area contributed by atoms with Crippen LogP contribution in [0.1, 0.15) is 31.6 Å². The first-order valence-corrected chi connectivity index (χ1v) is 7.50. The maximum Gasteiger partial charge on any atom is 0.227 e. The number of fused-ring (bicyclic) bond motifs is 1. The zero-order chi connectivity index (χ0) is 13.8. The molecule has 0 saturated heterocycles. The highest BCUT2D eigenvalue weighted by Gasteiger charge is 2.11. The molecule has 2 heterocycles. The zero-order valence-electron chi connectivity index (χ0n) is 12.0. The number of nitrogens with zero attached hydrogens (tertiary/aromatic N) is 2. The molecule has 0 aliphatic carbocycles. The molecule has 0 fully saturated rings. The van der Waals surface area contributed by atoms with Crippen molar-refractivity contribution in [3.8, 4) is 5.88 Å². The standard InChI is InChI=1S/C14H21N3OS/c1-9(2)6-5-7-18-12-11-8-10(3)19-13(11)17-14(15-4)16-12/h8-9H,5-7H2,1-4H3,(H,15,16,17). The SMILES string of the molecule is CNc1nc(OCCCC(C)C)c2cc(C)sc2n1. The van der Waals surface area contributed by atoms with Gasteiger partial charge in [0.05, 0.1) is 12.0 Å². The summed E-state index contributed by atoms with van der Waals surface area (Å²) in [7, 11) is 1.82. The van der Waals surface area contributed by atoms with E-state index in [2.05, 4.69) is 42.1 Å². The Kier molecular flexibility index (Phi) is 4.58. The number of aryl methyl sites for hydroxylation is 1. The molecule has 0 bridgehead atoms. The first-order chi connectivity index (χ1) is 9.10. The quantitative estimate of drug-likeness (QED) is 0.816. The summed E-state index contributed by atoms with van der Waals surface area (Å²) < 4.78 is 5.84. The van der Waals surface area contributed by atoms with Crippen LogP contribution >= 0.6 is 11.3 Å². The second-order valence-corrected chi connectivity index (χ2v) is 6.30. The Hall–Kier alpha value is -1.36. The minimum atomic E-state index is 0.619. The molecule has 19 heavy (non-hydrogen) atoms. The molecule has 0 saturated carbocycles. The molecule has 1 N–H and O–H groups in total. The molecule has 5 heteroatoms. The molecule has 104 valence electrons. The van der Waals surface area contributed by atoms with E-state index in [4.69, 9.17) is 4.74 Å². The fourth-order valence-electron chi connectivity index (χ4n) is 1.90. The summed E-state index contributed by atoms with van der Waals surface area (Å²) in [5.41, 5.74) is 0. The van der Waals surface area contributed by atoms with Crippen LogP contribution in [0.5, 0.6) is 5.88 Å². The molecule has 2 rings (SSSR count). The predicted octanol–water partition coefficient (Wildman–Crippen LogP) is 3.86. The Morgan fingerprint density at radius 2 is 2.16 bits per heavy atom. The molecule has 0 radical (unpaired) electrons. The van der Waals surface area contributed by atoms with E-state index in [1.165, 1.54) is 11.3 Å². The van der Waals surface area contributed by atoms with Gasteiger partial charge in [-0.25, -0.2) is 4.98 Å². The molecular weight excluding hydrogens is 258 g/mol. The number of nitrogens with one attached hydrogen (secondary N) is 1. The van der Waals surface area contributed by atoms with Crippen LogP contribution in [0.3, 0.4) is 0 Å². The number of ether oxygens (including phenoxy) is 1. The number of thiophene rings is 1. The number of rotatable bonds is 6. The van der Waals surface area contributed by atoms with Gasteiger partial charge in [-0.15, -0.1) is 11.3 Å². The summed E-state index contributed by atoms with van der Waals surface area (Å²) >= 11 is 1.67. The van der Waals surface area contributed by atoms with Gasteiger partial charge in [0, 0.05) is 11.9 Å². The van der Waals surface area contributed by atoms with Crippen molar-refractivity contribution in [1.82, 2.24) is 9.97 Å². The van der Waals surface area contributed by atoms with E-state index < -0.39 is 0 Å². The van der Waals surface area contributed by atoms with E-state index in [-0.39, 0.29) is 0 Å². The predicted molar refractivity (Wildman–Crippen MR) is 81.3 cm³/mol. The van der Waals surface area contributed by atoms with Gasteiger partial charge in [0.15, 0.2) is 0 Å². The van der Waals surface area contributed by atoms with Gasteiger partial charge >= 0.3 is 0 Å². The second-order valence-electron chi connectivity index (χ2n) is 5.06. The molecule has 4 nitrogen and oxygen atoms in total. The van der Waals surface area contributed by atoms with Crippen molar-refractivity contribution in [2.75, 3.05) is 19.0 Å². The van der Waals surface area contributed by atoms with E-state index in [9.17, 15) is 0 Å². The molecular formula is C14H21N3OS. The molecule has 0 aliphatic rings. The van der Waals surface area contributed by atoms with Crippen molar-refractivity contribution in [3.05, 3.63) is 10.9 Å². The molecule has 0 atom stereocenters. The van der Waals surface area contributed by atoms with E-state index in [1.807, 2.05) is 7.05 Å². The van der Waals surface area contributed by atoms with E-state index >= 15 is 0 Å². The third kappa shape index (κ3) is 3.56. The first kappa shape index (κ1) is 14.1. The third-order valence-corrected chi connectivity index (χ3v) is 3.81. The van der Waals surface area contributed by atoms with Crippen molar-refractivity contribution in [3.63, 3.8) is 0 Å². The minimum Gasteiger partial charge on any atom is -0.477 e. The molecule has 2 aromatic heterocycles. The average molecular weight is 279 g/mol. The molecule has 0 amide bonds. The fraction of sp³-hybridized carbons (Fsp3) is 0.571. The fourth-order valence-corrected chi connectivity index (χ4v) is 2.77. The van der Waals surface area contributed by atoms with Crippen LogP contribution in [0.25, 0.3) is 10.2 Å². The maximum atomic E-state index is 5.84. The van der Waals surface area contributed by atoms with Crippen LogP contribution in [-0.4, -0.2) is 23.6 Å². The Morgan fingerprint density at radius 1 is 1.37 bits per heavy atom. The number of anilines is 1. The third-order valence-electron chi connectivity index (χ3n) is 2.87. The monoisotopic (exact) mass is 279 g/mol.